The number of ether oxygens (including phenoxy) is 3. The molecule has 0 radical (unpaired) electrons. The highest BCUT2D eigenvalue weighted by atomic mass is 19.4. The van der Waals surface area contributed by atoms with Crippen molar-refractivity contribution in [2.75, 3.05) is 47.5 Å². The second-order valence-electron chi connectivity index (χ2n) is 7.08. The van der Waals surface area contributed by atoms with Crippen molar-refractivity contribution in [3.8, 4) is 17.2 Å². The van der Waals surface area contributed by atoms with Crippen LogP contribution in [-0.4, -0.2) is 69.1 Å². The number of hydrogen-bond donors (Lipinski definition) is 0. The van der Waals surface area contributed by atoms with Crippen molar-refractivity contribution >= 4 is 11.8 Å². The lowest BCUT2D eigenvalue weighted by Gasteiger charge is -2.35. The minimum absolute atomic E-state index is 0.0378. The van der Waals surface area contributed by atoms with Crippen molar-refractivity contribution in [2.24, 2.45) is 0 Å². The van der Waals surface area contributed by atoms with Gasteiger partial charge in [-0.1, -0.05) is 6.07 Å². The predicted octanol–water partition coefficient (Wildman–Crippen LogP) is 3.33. The highest BCUT2D eigenvalue weighted by molar-refractivity contribution is 5.97. The normalized spacial score (nSPS) is 14.2. The molecule has 0 aliphatic carbocycles. The summed E-state index contributed by atoms with van der Waals surface area (Å²) < 4.78 is 54.6. The molecule has 0 aromatic heterocycles. The van der Waals surface area contributed by atoms with Gasteiger partial charge in [-0.2, -0.15) is 13.2 Å². The summed E-state index contributed by atoms with van der Waals surface area (Å²) in [5.41, 5.74) is -0.582. The number of methoxy groups -OCH3 is 3. The topological polar surface area (TPSA) is 68.3 Å². The lowest BCUT2D eigenvalue weighted by molar-refractivity contribution is -0.137. The molecule has 1 aliphatic rings. The van der Waals surface area contributed by atoms with Crippen LogP contribution in [0.25, 0.3) is 0 Å². The van der Waals surface area contributed by atoms with Crippen molar-refractivity contribution in [1.82, 2.24) is 9.80 Å². The third-order valence-electron chi connectivity index (χ3n) is 5.20. The molecular formula is C22H23F3N2O5. The average molecular weight is 452 g/mol. The third kappa shape index (κ3) is 4.74. The Bertz CT molecular complexity index is 976. The summed E-state index contributed by atoms with van der Waals surface area (Å²) >= 11 is 0. The third-order valence-corrected chi connectivity index (χ3v) is 5.20. The van der Waals surface area contributed by atoms with Crippen LogP contribution in [0.2, 0.25) is 0 Å². The molecule has 0 atom stereocenters. The van der Waals surface area contributed by atoms with Crippen molar-refractivity contribution < 1.29 is 37.0 Å². The maximum absolute atomic E-state index is 13.0. The molecule has 1 heterocycles. The molecule has 1 saturated heterocycles. The molecule has 10 heteroatoms. The van der Waals surface area contributed by atoms with Crippen molar-refractivity contribution in [3.05, 3.63) is 53.1 Å². The molecule has 1 fully saturated rings. The lowest BCUT2D eigenvalue weighted by atomic mass is 10.1. The van der Waals surface area contributed by atoms with Gasteiger partial charge >= 0.3 is 6.18 Å². The summed E-state index contributed by atoms with van der Waals surface area (Å²) in [6, 6.07) is 7.42. The van der Waals surface area contributed by atoms with Gasteiger partial charge in [0, 0.05) is 37.3 Å². The monoisotopic (exact) mass is 452 g/mol. The molecule has 7 nitrogen and oxygen atoms in total. The molecule has 1 aliphatic heterocycles. The predicted molar refractivity (Wildman–Crippen MR) is 109 cm³/mol. The molecule has 0 bridgehead atoms. The Kier molecular flexibility index (Phi) is 6.81. The maximum Gasteiger partial charge on any atom is 0.416 e. The van der Waals surface area contributed by atoms with Crippen LogP contribution < -0.4 is 14.2 Å². The fraction of sp³-hybridized carbons (Fsp3) is 0.364. The summed E-state index contributed by atoms with van der Waals surface area (Å²) in [6.45, 7) is 0.872. The van der Waals surface area contributed by atoms with Gasteiger partial charge in [-0.25, -0.2) is 0 Å². The van der Waals surface area contributed by atoms with E-state index in [1.807, 2.05) is 0 Å². The van der Waals surface area contributed by atoms with E-state index < -0.39 is 17.6 Å². The van der Waals surface area contributed by atoms with Crippen LogP contribution >= 0.6 is 0 Å². The molecule has 32 heavy (non-hydrogen) atoms. The first-order chi connectivity index (χ1) is 15.2. The van der Waals surface area contributed by atoms with Crippen molar-refractivity contribution in [3.63, 3.8) is 0 Å². The number of benzene rings is 2. The highest BCUT2D eigenvalue weighted by Gasteiger charge is 2.32. The molecule has 3 rings (SSSR count). The van der Waals surface area contributed by atoms with Gasteiger partial charge in [-0.3, -0.25) is 9.59 Å². The van der Waals surface area contributed by atoms with E-state index in [1.165, 1.54) is 38.4 Å². The number of amides is 2. The fourth-order valence-corrected chi connectivity index (χ4v) is 3.51. The minimum atomic E-state index is -4.53. The van der Waals surface area contributed by atoms with Crippen LogP contribution in [0.5, 0.6) is 17.2 Å². The van der Waals surface area contributed by atoms with E-state index in [0.717, 1.165) is 12.1 Å². The molecular weight excluding hydrogens is 429 g/mol. The quantitative estimate of drug-likeness (QED) is 0.696. The minimum Gasteiger partial charge on any atom is -0.493 e. The van der Waals surface area contributed by atoms with Crippen LogP contribution in [0.1, 0.15) is 26.3 Å². The van der Waals surface area contributed by atoms with Gasteiger partial charge in [0.1, 0.15) is 0 Å². The molecule has 2 amide bonds. The SMILES string of the molecule is COc1cc(C(=O)N2CCN(C(=O)c3cccc(C(F)(F)F)c3)CC2)cc(OC)c1OC. The van der Waals surface area contributed by atoms with E-state index in [4.69, 9.17) is 14.2 Å². The number of piperazine rings is 1. The van der Waals surface area contributed by atoms with Crippen molar-refractivity contribution in [2.45, 2.75) is 6.18 Å². The first kappa shape index (κ1) is 23.2. The standard InChI is InChI=1S/C22H23F3N2O5/c1-30-17-12-15(13-18(31-2)19(17)32-3)21(29)27-9-7-26(8-10-27)20(28)14-5-4-6-16(11-14)22(23,24)25/h4-6,11-13H,7-10H2,1-3H3. The Hall–Kier alpha value is -3.43. The van der Waals surface area contributed by atoms with Gasteiger partial charge in [-0.15, -0.1) is 0 Å². The molecule has 2 aromatic rings. The summed E-state index contributed by atoms with van der Waals surface area (Å²) in [6.07, 6.45) is -4.53. The largest absolute Gasteiger partial charge is 0.493 e. The summed E-state index contributed by atoms with van der Waals surface area (Å²) in [4.78, 5) is 28.7. The Morgan fingerprint density at radius 1 is 0.781 bits per heavy atom. The Balaban J connectivity index is 1.71. The number of carbonyl (C=O) groups is 2. The van der Waals surface area contributed by atoms with Crippen LogP contribution in [-0.2, 0) is 6.18 Å². The van der Waals surface area contributed by atoms with Gasteiger partial charge in [0.15, 0.2) is 11.5 Å². The van der Waals surface area contributed by atoms with E-state index in [-0.39, 0.29) is 37.6 Å². The van der Waals surface area contributed by atoms with Gasteiger partial charge in [0.25, 0.3) is 11.8 Å². The van der Waals surface area contributed by atoms with E-state index in [9.17, 15) is 22.8 Å². The van der Waals surface area contributed by atoms with Crippen LogP contribution in [0.4, 0.5) is 13.2 Å². The molecule has 0 unspecified atom stereocenters. The summed E-state index contributed by atoms with van der Waals surface area (Å²) in [5, 5.41) is 0. The molecule has 172 valence electrons. The molecule has 2 aromatic carbocycles. The first-order valence-corrected chi connectivity index (χ1v) is 9.75. The zero-order valence-corrected chi connectivity index (χ0v) is 17.9. The van der Waals surface area contributed by atoms with E-state index >= 15 is 0 Å². The van der Waals surface area contributed by atoms with E-state index in [1.54, 1.807) is 17.0 Å². The zero-order chi connectivity index (χ0) is 23.5. The number of alkyl halides is 3. The molecule has 0 saturated carbocycles. The van der Waals surface area contributed by atoms with Gasteiger partial charge < -0.3 is 24.0 Å². The van der Waals surface area contributed by atoms with Gasteiger partial charge in [-0.05, 0) is 30.3 Å². The zero-order valence-electron chi connectivity index (χ0n) is 17.9. The highest BCUT2D eigenvalue weighted by Crippen LogP contribution is 2.38. The number of halogens is 3. The van der Waals surface area contributed by atoms with Crippen LogP contribution in [0.15, 0.2) is 36.4 Å². The van der Waals surface area contributed by atoms with Crippen molar-refractivity contribution in [1.29, 1.82) is 0 Å². The Morgan fingerprint density at radius 2 is 1.28 bits per heavy atom. The summed E-state index contributed by atoms with van der Waals surface area (Å²) in [5.74, 6) is 0.261. The maximum atomic E-state index is 13.0. The Labute approximate surface area is 183 Å². The second kappa shape index (κ2) is 9.37. The van der Waals surface area contributed by atoms with Crippen LogP contribution in [0.3, 0.4) is 0 Å². The lowest BCUT2D eigenvalue weighted by Crippen LogP contribution is -2.50. The Morgan fingerprint density at radius 3 is 1.72 bits per heavy atom. The number of rotatable bonds is 5. The van der Waals surface area contributed by atoms with Gasteiger partial charge in [0.05, 0.1) is 26.9 Å². The fourth-order valence-electron chi connectivity index (χ4n) is 3.51. The second-order valence-corrected chi connectivity index (χ2v) is 7.08. The van der Waals surface area contributed by atoms with E-state index in [2.05, 4.69) is 0 Å². The van der Waals surface area contributed by atoms with Crippen LogP contribution in [0, 0.1) is 0 Å². The molecule has 0 N–H and O–H groups in total. The first-order valence-electron chi connectivity index (χ1n) is 9.75. The summed E-state index contributed by atoms with van der Waals surface area (Å²) in [7, 11) is 4.36. The average Bonchev–Trinajstić information content (AvgIpc) is 2.81. The smallest absolute Gasteiger partial charge is 0.416 e. The number of carbonyl (C=O) groups excluding carboxylic acids is 2. The van der Waals surface area contributed by atoms with Gasteiger partial charge in [0.2, 0.25) is 5.75 Å². The number of hydrogen-bond acceptors (Lipinski definition) is 5. The number of nitrogens with zero attached hydrogens (tertiary/aromatic N) is 2. The molecule has 0 spiro atoms. The van der Waals surface area contributed by atoms with E-state index in [0.29, 0.717) is 22.8 Å².